The minimum Gasteiger partial charge on any atom is -0.476 e. The van der Waals surface area contributed by atoms with E-state index >= 15 is 0 Å². The summed E-state index contributed by atoms with van der Waals surface area (Å²) < 4.78 is 8.25. The van der Waals surface area contributed by atoms with Crippen LogP contribution in [-0.2, 0) is 11.3 Å². The van der Waals surface area contributed by atoms with Crippen molar-refractivity contribution in [2.45, 2.75) is 13.5 Å². The topological polar surface area (TPSA) is 80.5 Å². The molecule has 1 aromatic carbocycles. The van der Waals surface area contributed by atoms with Gasteiger partial charge < -0.3 is 14.7 Å². The summed E-state index contributed by atoms with van der Waals surface area (Å²) in [7, 11) is 0. The molecule has 0 atom stereocenters. The van der Waals surface area contributed by atoms with Gasteiger partial charge in [-0.3, -0.25) is 4.68 Å². The first-order chi connectivity index (χ1) is 12.1. The Kier molecular flexibility index (Phi) is 4.14. The van der Waals surface area contributed by atoms with Crippen molar-refractivity contribution in [1.82, 2.24) is 14.8 Å². The number of para-hydroxylation sites is 1. The zero-order valence-electron chi connectivity index (χ0n) is 13.8. The molecule has 0 unspecified atom stereocenters. The average Bonchev–Trinajstić information content (AvgIpc) is 3.21. The fraction of sp³-hybridized carbons (Fsp3) is 0.353. The number of aromatic nitrogens is 3. The Bertz CT molecular complexity index is 927. The number of hydrogen-bond acceptors (Lipinski definition) is 6. The van der Waals surface area contributed by atoms with Crippen LogP contribution in [0.3, 0.4) is 0 Å². The molecule has 1 N–H and O–H groups in total. The second-order valence-corrected chi connectivity index (χ2v) is 7.00. The summed E-state index contributed by atoms with van der Waals surface area (Å²) in [5.41, 5.74) is 2.88. The number of fused-ring (bicyclic) bond motifs is 1. The van der Waals surface area contributed by atoms with Crippen molar-refractivity contribution in [2.24, 2.45) is 0 Å². The van der Waals surface area contributed by atoms with Gasteiger partial charge in [0.1, 0.15) is 0 Å². The molecule has 1 aliphatic heterocycles. The van der Waals surface area contributed by atoms with E-state index in [0.29, 0.717) is 6.54 Å². The minimum absolute atomic E-state index is 0.0666. The van der Waals surface area contributed by atoms with Crippen molar-refractivity contribution < 1.29 is 14.6 Å². The van der Waals surface area contributed by atoms with Gasteiger partial charge in [-0.25, -0.2) is 9.78 Å². The fourth-order valence-corrected chi connectivity index (χ4v) is 4.01. The van der Waals surface area contributed by atoms with Crippen LogP contribution in [0.25, 0.3) is 10.2 Å². The highest BCUT2D eigenvalue weighted by atomic mass is 32.1. The number of anilines is 1. The summed E-state index contributed by atoms with van der Waals surface area (Å²) in [6, 6.07) is 7.68. The Morgan fingerprint density at radius 1 is 1.36 bits per heavy atom. The summed E-state index contributed by atoms with van der Waals surface area (Å²) in [5, 5.41) is 14.3. The van der Waals surface area contributed by atoms with Crippen LogP contribution in [0.1, 0.15) is 21.7 Å². The number of carbonyl (C=O) groups is 1. The van der Waals surface area contributed by atoms with Crippen LogP contribution in [0.5, 0.6) is 0 Å². The van der Waals surface area contributed by atoms with Crippen LogP contribution in [0.4, 0.5) is 5.13 Å². The quantitative estimate of drug-likeness (QED) is 0.771. The summed E-state index contributed by atoms with van der Waals surface area (Å²) in [6.45, 7) is 5.54. The Hall–Kier alpha value is -2.45. The molecule has 0 aliphatic carbocycles. The van der Waals surface area contributed by atoms with E-state index in [1.54, 1.807) is 22.1 Å². The number of ether oxygens (including phenoxy) is 1. The maximum absolute atomic E-state index is 11.1. The molecule has 3 heterocycles. The van der Waals surface area contributed by atoms with E-state index < -0.39 is 5.97 Å². The van der Waals surface area contributed by atoms with Crippen LogP contribution in [0, 0.1) is 6.92 Å². The normalized spacial score (nSPS) is 15.0. The van der Waals surface area contributed by atoms with Gasteiger partial charge >= 0.3 is 5.97 Å². The highest BCUT2D eigenvalue weighted by molar-refractivity contribution is 7.22. The van der Waals surface area contributed by atoms with Crippen molar-refractivity contribution in [2.75, 3.05) is 31.2 Å². The molecule has 7 nitrogen and oxygen atoms in total. The monoisotopic (exact) mass is 358 g/mol. The van der Waals surface area contributed by atoms with E-state index in [-0.39, 0.29) is 5.69 Å². The van der Waals surface area contributed by atoms with Crippen molar-refractivity contribution in [3.63, 3.8) is 0 Å². The van der Waals surface area contributed by atoms with Crippen LogP contribution in [0.15, 0.2) is 24.3 Å². The zero-order valence-corrected chi connectivity index (χ0v) is 14.6. The maximum Gasteiger partial charge on any atom is 0.356 e. The number of hydrogen-bond donors (Lipinski definition) is 1. The minimum atomic E-state index is -1.01. The van der Waals surface area contributed by atoms with E-state index in [1.165, 1.54) is 0 Å². The molecule has 130 valence electrons. The third-order valence-electron chi connectivity index (χ3n) is 4.29. The average molecular weight is 358 g/mol. The van der Waals surface area contributed by atoms with Crippen molar-refractivity contribution in [3.8, 4) is 0 Å². The smallest absolute Gasteiger partial charge is 0.356 e. The Morgan fingerprint density at radius 3 is 2.88 bits per heavy atom. The summed E-state index contributed by atoms with van der Waals surface area (Å²) in [4.78, 5) is 18.2. The van der Waals surface area contributed by atoms with E-state index in [4.69, 9.17) is 14.8 Å². The lowest BCUT2D eigenvalue weighted by Gasteiger charge is -2.25. The van der Waals surface area contributed by atoms with Gasteiger partial charge in [-0.1, -0.05) is 23.5 Å². The van der Waals surface area contributed by atoms with Crippen molar-refractivity contribution >= 4 is 32.7 Å². The number of aryl methyl sites for hydroxylation is 1. The van der Waals surface area contributed by atoms with Crippen molar-refractivity contribution in [1.29, 1.82) is 0 Å². The van der Waals surface area contributed by atoms with Gasteiger partial charge in [0, 0.05) is 24.3 Å². The highest BCUT2D eigenvalue weighted by Gasteiger charge is 2.17. The number of rotatable bonds is 4. The van der Waals surface area contributed by atoms with Crippen LogP contribution in [0.2, 0.25) is 0 Å². The molecule has 1 aliphatic rings. The number of aromatic carboxylic acids is 1. The van der Waals surface area contributed by atoms with E-state index in [2.05, 4.69) is 16.1 Å². The van der Waals surface area contributed by atoms with Gasteiger partial charge in [0.15, 0.2) is 10.8 Å². The lowest BCUT2D eigenvalue weighted by Crippen LogP contribution is -2.36. The predicted molar refractivity (Wildman–Crippen MR) is 95.7 cm³/mol. The molecule has 1 fully saturated rings. The molecule has 1 saturated heterocycles. The van der Waals surface area contributed by atoms with Gasteiger partial charge in [-0.2, -0.15) is 5.10 Å². The van der Waals surface area contributed by atoms with Gasteiger partial charge in [0.05, 0.1) is 30.0 Å². The first-order valence-corrected chi connectivity index (χ1v) is 8.92. The highest BCUT2D eigenvalue weighted by Crippen LogP contribution is 2.31. The number of carboxylic acid groups (broad SMARTS) is 1. The predicted octanol–water partition coefficient (Wildman–Crippen LogP) is 2.38. The molecule has 2 aromatic heterocycles. The lowest BCUT2D eigenvalue weighted by atomic mass is 10.2. The Balaban J connectivity index is 1.67. The molecule has 0 bridgehead atoms. The van der Waals surface area contributed by atoms with Crippen LogP contribution < -0.4 is 4.90 Å². The molecule has 0 spiro atoms. The second kappa shape index (κ2) is 6.45. The molecule has 0 radical (unpaired) electrons. The van der Waals surface area contributed by atoms with Gasteiger partial charge in [0.25, 0.3) is 0 Å². The lowest BCUT2D eigenvalue weighted by molar-refractivity contribution is 0.0689. The Morgan fingerprint density at radius 2 is 2.16 bits per heavy atom. The van der Waals surface area contributed by atoms with Crippen molar-refractivity contribution in [3.05, 3.63) is 41.2 Å². The second-order valence-electron chi connectivity index (χ2n) is 5.99. The molecule has 4 rings (SSSR count). The molecule has 25 heavy (non-hydrogen) atoms. The van der Waals surface area contributed by atoms with Crippen LogP contribution >= 0.6 is 11.3 Å². The number of morpholine rings is 1. The number of benzene rings is 1. The first kappa shape index (κ1) is 16.0. The Labute approximate surface area is 148 Å². The third-order valence-corrected chi connectivity index (χ3v) is 5.37. The van der Waals surface area contributed by atoms with E-state index in [9.17, 15) is 4.79 Å². The zero-order chi connectivity index (χ0) is 17.4. The third kappa shape index (κ3) is 3.10. The van der Waals surface area contributed by atoms with E-state index in [0.717, 1.165) is 52.9 Å². The fourth-order valence-electron chi connectivity index (χ4n) is 2.95. The summed E-state index contributed by atoms with van der Waals surface area (Å²) in [5.74, 6) is -1.01. The molecule has 0 amide bonds. The number of carboxylic acids is 1. The molecule has 3 aromatic rings. The molecular formula is C17H18N4O3S. The number of nitrogens with zero attached hydrogens (tertiary/aromatic N) is 4. The summed E-state index contributed by atoms with van der Waals surface area (Å²) in [6.07, 6.45) is 0. The van der Waals surface area contributed by atoms with Gasteiger partial charge in [-0.15, -0.1) is 0 Å². The summed E-state index contributed by atoms with van der Waals surface area (Å²) >= 11 is 1.68. The number of thiazole rings is 1. The SMILES string of the molecule is Cc1cc(C(=O)O)nn1Cc1cccc2sc(N3CCOCC3)nc12. The standard InChI is InChI=1S/C17H18N4O3S/c1-11-9-13(16(22)23)19-21(11)10-12-3-2-4-14-15(12)18-17(25-14)20-5-7-24-8-6-20/h2-4,9H,5-8,10H2,1H3,(H,22,23). The molecule has 8 heteroatoms. The van der Waals surface area contributed by atoms with Crippen LogP contribution in [-0.4, -0.2) is 52.1 Å². The largest absolute Gasteiger partial charge is 0.476 e. The molecular weight excluding hydrogens is 340 g/mol. The van der Waals surface area contributed by atoms with Gasteiger partial charge in [-0.05, 0) is 19.1 Å². The maximum atomic E-state index is 11.1. The molecule has 0 saturated carbocycles. The van der Waals surface area contributed by atoms with Gasteiger partial charge in [0.2, 0.25) is 0 Å². The first-order valence-electron chi connectivity index (χ1n) is 8.10. The van der Waals surface area contributed by atoms with E-state index in [1.807, 2.05) is 19.1 Å².